The number of nitrogens with zero attached hydrogens (tertiary/aromatic N) is 4. The van der Waals surface area contributed by atoms with Crippen molar-refractivity contribution < 1.29 is 13.6 Å². The molecule has 2 fully saturated rings. The van der Waals surface area contributed by atoms with E-state index in [-0.39, 0.29) is 29.5 Å². The number of halogens is 2. The second kappa shape index (κ2) is 9.39. The number of rotatable bonds is 5. The summed E-state index contributed by atoms with van der Waals surface area (Å²) >= 11 is 0. The first-order valence-electron chi connectivity index (χ1n) is 12.1. The third-order valence-electron chi connectivity index (χ3n) is 7.51. The Hall–Kier alpha value is -2.51. The van der Waals surface area contributed by atoms with Gasteiger partial charge in [0.1, 0.15) is 11.6 Å². The van der Waals surface area contributed by atoms with Crippen LogP contribution in [0.4, 0.5) is 20.2 Å². The molecule has 2 aromatic carbocycles. The van der Waals surface area contributed by atoms with Crippen LogP contribution >= 0.6 is 0 Å². The number of benzene rings is 2. The van der Waals surface area contributed by atoms with E-state index in [2.05, 4.69) is 14.7 Å². The Labute approximate surface area is 194 Å². The molecule has 5 rings (SSSR count). The largest absolute Gasteiger partial charge is 0.340 e. The first kappa shape index (κ1) is 22.3. The van der Waals surface area contributed by atoms with Gasteiger partial charge in [-0.15, -0.1) is 0 Å². The van der Waals surface area contributed by atoms with Gasteiger partial charge in [-0.1, -0.05) is 6.92 Å². The average Bonchev–Trinajstić information content (AvgIpc) is 3.16. The summed E-state index contributed by atoms with van der Waals surface area (Å²) in [5.41, 5.74) is 3.06. The van der Waals surface area contributed by atoms with Gasteiger partial charge in [-0.2, -0.15) is 0 Å². The molecule has 2 saturated heterocycles. The molecule has 0 radical (unpaired) electrons. The number of fused-ring (bicyclic) bond motifs is 3. The first-order chi connectivity index (χ1) is 16.0. The van der Waals surface area contributed by atoms with E-state index < -0.39 is 0 Å². The number of carbonyl (C=O) groups is 1. The van der Waals surface area contributed by atoms with Crippen molar-refractivity contribution in [2.45, 2.75) is 31.7 Å². The molecular formula is C26H32F2N4O. The molecule has 2 atom stereocenters. The Morgan fingerprint density at radius 1 is 0.909 bits per heavy atom. The fraction of sp³-hybridized carbons (Fsp3) is 0.500. The highest BCUT2D eigenvalue weighted by atomic mass is 19.1. The van der Waals surface area contributed by atoms with E-state index in [0.717, 1.165) is 75.7 Å². The van der Waals surface area contributed by atoms with Crippen LogP contribution in [-0.4, -0.2) is 79.0 Å². The number of likely N-dealkylation sites (tertiary alicyclic amines) is 1. The number of hydrogen-bond donors (Lipinski definition) is 0. The quantitative estimate of drug-likeness (QED) is 0.687. The molecule has 5 nitrogen and oxygen atoms in total. The lowest BCUT2D eigenvalue weighted by Gasteiger charge is -2.40. The lowest BCUT2D eigenvalue weighted by molar-refractivity contribution is -0.132. The van der Waals surface area contributed by atoms with Crippen LogP contribution in [0.3, 0.4) is 0 Å². The highest BCUT2D eigenvalue weighted by Gasteiger charge is 2.42. The third kappa shape index (κ3) is 4.49. The van der Waals surface area contributed by atoms with Crippen molar-refractivity contribution >= 4 is 17.3 Å². The molecule has 0 unspecified atom stereocenters. The summed E-state index contributed by atoms with van der Waals surface area (Å²) in [5.74, 6) is 0.0247. The highest BCUT2D eigenvalue weighted by Crippen LogP contribution is 2.48. The van der Waals surface area contributed by atoms with E-state index in [9.17, 15) is 13.6 Å². The van der Waals surface area contributed by atoms with E-state index in [0.29, 0.717) is 6.42 Å². The molecule has 176 valence electrons. The number of hydrogen-bond acceptors (Lipinski definition) is 4. The van der Waals surface area contributed by atoms with Crippen LogP contribution in [0.25, 0.3) is 0 Å². The maximum atomic E-state index is 14.2. The smallest absolute Gasteiger partial charge is 0.222 e. The maximum Gasteiger partial charge on any atom is 0.222 e. The van der Waals surface area contributed by atoms with Gasteiger partial charge in [-0.3, -0.25) is 9.69 Å². The van der Waals surface area contributed by atoms with Crippen molar-refractivity contribution in [1.29, 1.82) is 0 Å². The summed E-state index contributed by atoms with van der Waals surface area (Å²) in [5, 5.41) is 0. The Morgan fingerprint density at radius 2 is 1.61 bits per heavy atom. The van der Waals surface area contributed by atoms with E-state index in [1.54, 1.807) is 6.07 Å². The Morgan fingerprint density at radius 3 is 2.33 bits per heavy atom. The van der Waals surface area contributed by atoms with E-state index in [1.165, 1.54) is 18.2 Å². The number of carbonyl (C=O) groups excluding carboxylic acids is 1. The number of anilines is 2. The van der Waals surface area contributed by atoms with Crippen molar-refractivity contribution in [3.63, 3.8) is 0 Å². The molecule has 0 aliphatic carbocycles. The fourth-order valence-electron chi connectivity index (χ4n) is 5.70. The number of piperazine rings is 1. The van der Waals surface area contributed by atoms with Crippen LogP contribution in [0.15, 0.2) is 42.5 Å². The Bertz CT molecular complexity index is 990. The fourth-order valence-corrected chi connectivity index (χ4v) is 5.70. The lowest BCUT2D eigenvalue weighted by Crippen LogP contribution is -2.51. The van der Waals surface area contributed by atoms with Crippen molar-refractivity contribution in [1.82, 2.24) is 14.7 Å². The van der Waals surface area contributed by atoms with E-state index >= 15 is 0 Å². The normalized spacial score (nSPS) is 23.5. The molecular weight excluding hydrogens is 422 g/mol. The molecule has 0 saturated carbocycles. The summed E-state index contributed by atoms with van der Waals surface area (Å²) in [7, 11) is 0. The molecule has 0 aromatic heterocycles. The van der Waals surface area contributed by atoms with Gasteiger partial charge in [-0.05, 0) is 54.4 Å². The van der Waals surface area contributed by atoms with Crippen LogP contribution in [0, 0.1) is 11.6 Å². The van der Waals surface area contributed by atoms with Crippen LogP contribution in [-0.2, 0) is 4.79 Å². The van der Waals surface area contributed by atoms with Crippen molar-refractivity contribution in [3.05, 3.63) is 59.7 Å². The van der Waals surface area contributed by atoms with Crippen molar-refractivity contribution in [2.75, 3.05) is 57.3 Å². The summed E-state index contributed by atoms with van der Waals surface area (Å²) in [4.78, 5) is 21.1. The molecule has 2 aromatic rings. The van der Waals surface area contributed by atoms with Crippen LogP contribution in [0.5, 0.6) is 0 Å². The summed E-state index contributed by atoms with van der Waals surface area (Å²) < 4.78 is 27.7. The van der Waals surface area contributed by atoms with Gasteiger partial charge in [0.2, 0.25) is 5.91 Å². The molecule has 3 heterocycles. The second-order valence-corrected chi connectivity index (χ2v) is 9.39. The predicted octanol–water partition coefficient (Wildman–Crippen LogP) is 3.83. The minimum Gasteiger partial charge on any atom is -0.340 e. The molecule has 3 aliphatic heterocycles. The SMILES string of the molecule is CCC(=O)N1CCN(CCN2CC[C@@H]3[C@@H](C2)c2cc(F)ccc2N3c2ccc(F)cc2)CC1. The zero-order valence-electron chi connectivity index (χ0n) is 19.2. The van der Waals surface area contributed by atoms with Gasteiger partial charge in [0.25, 0.3) is 0 Å². The minimum absolute atomic E-state index is 0.204. The molecule has 7 heteroatoms. The molecule has 0 N–H and O–H groups in total. The molecule has 1 amide bonds. The van der Waals surface area contributed by atoms with Gasteiger partial charge in [-0.25, -0.2) is 8.78 Å². The average molecular weight is 455 g/mol. The highest BCUT2D eigenvalue weighted by molar-refractivity contribution is 5.76. The van der Waals surface area contributed by atoms with Crippen LogP contribution in [0.2, 0.25) is 0 Å². The standard InChI is InChI=1S/C26H32F2N4O/c1-2-26(33)31-15-13-29(14-16-31)11-12-30-10-9-25-23(18-30)22-17-20(28)5-8-24(22)32(25)21-6-3-19(27)4-7-21/h3-8,17,23,25H,2,9-16,18H2,1H3/t23-,25+/m0/s1. The third-order valence-corrected chi connectivity index (χ3v) is 7.51. The predicted molar refractivity (Wildman–Crippen MR) is 126 cm³/mol. The molecule has 3 aliphatic rings. The number of amides is 1. The van der Waals surface area contributed by atoms with E-state index in [1.807, 2.05) is 30.0 Å². The zero-order chi connectivity index (χ0) is 22.9. The van der Waals surface area contributed by atoms with Crippen LogP contribution in [0.1, 0.15) is 31.2 Å². The number of piperidine rings is 1. The molecule has 33 heavy (non-hydrogen) atoms. The summed E-state index contributed by atoms with van der Waals surface area (Å²) in [6.45, 7) is 9.26. The van der Waals surface area contributed by atoms with Gasteiger partial charge in [0, 0.05) is 82.1 Å². The zero-order valence-corrected chi connectivity index (χ0v) is 19.2. The maximum absolute atomic E-state index is 14.2. The first-order valence-corrected chi connectivity index (χ1v) is 12.1. The van der Waals surface area contributed by atoms with Crippen molar-refractivity contribution in [3.8, 4) is 0 Å². The Kier molecular flexibility index (Phi) is 6.34. The summed E-state index contributed by atoms with van der Waals surface area (Å²) in [6.07, 6.45) is 1.56. The topological polar surface area (TPSA) is 30.0 Å². The van der Waals surface area contributed by atoms with Gasteiger partial charge in [0.05, 0.1) is 0 Å². The second-order valence-electron chi connectivity index (χ2n) is 9.39. The van der Waals surface area contributed by atoms with Gasteiger partial charge < -0.3 is 14.7 Å². The van der Waals surface area contributed by atoms with Crippen molar-refractivity contribution in [2.24, 2.45) is 0 Å². The monoisotopic (exact) mass is 454 g/mol. The van der Waals surface area contributed by atoms with Crippen LogP contribution < -0.4 is 4.90 Å². The minimum atomic E-state index is -0.247. The van der Waals surface area contributed by atoms with Gasteiger partial charge >= 0.3 is 0 Å². The molecule has 0 spiro atoms. The summed E-state index contributed by atoms with van der Waals surface area (Å²) in [6, 6.07) is 12.0. The molecule has 0 bridgehead atoms. The van der Waals surface area contributed by atoms with E-state index in [4.69, 9.17) is 0 Å². The van der Waals surface area contributed by atoms with Gasteiger partial charge in [0.15, 0.2) is 0 Å². The Balaban J connectivity index is 1.25. The lowest BCUT2D eigenvalue weighted by atomic mass is 9.89.